The van der Waals surface area contributed by atoms with Crippen LogP contribution in [0.5, 0.6) is 11.5 Å². The molecule has 236 valence electrons. The Balaban J connectivity index is 0.000000373. The third-order valence-electron chi connectivity index (χ3n) is 8.44. The van der Waals surface area contributed by atoms with Gasteiger partial charge in [0, 0.05) is 17.0 Å². The van der Waals surface area contributed by atoms with E-state index in [1.807, 2.05) is 42.5 Å². The summed E-state index contributed by atoms with van der Waals surface area (Å²) >= 11 is 0. The largest absolute Gasteiger partial charge is 0.457 e. The normalized spacial score (nSPS) is 11.7. The van der Waals surface area contributed by atoms with Gasteiger partial charge in [-0.2, -0.15) is 0 Å². The van der Waals surface area contributed by atoms with E-state index in [0.29, 0.717) is 18.3 Å². The van der Waals surface area contributed by atoms with Crippen LogP contribution < -0.4 is 10.6 Å². The Hall–Kier alpha value is -5.23. The van der Waals surface area contributed by atoms with Crippen molar-refractivity contribution in [3.63, 3.8) is 0 Å². The van der Waals surface area contributed by atoms with Gasteiger partial charge in [-0.25, -0.2) is 10.3 Å². The third-order valence-corrected chi connectivity index (χ3v) is 8.44. The maximum Gasteiger partial charge on any atom is 0.137 e. The summed E-state index contributed by atoms with van der Waals surface area (Å²) in [4.78, 5) is 4.43. The van der Waals surface area contributed by atoms with Crippen molar-refractivity contribution in [1.82, 2.24) is 4.57 Å². The highest BCUT2D eigenvalue weighted by molar-refractivity contribution is 6.12. The summed E-state index contributed by atoms with van der Waals surface area (Å²) in [6.45, 7) is 4.94. The minimum Gasteiger partial charge on any atom is -0.457 e. The molecular weight excluding hydrogens is 583 g/mol. The average Bonchev–Trinajstić information content (AvgIpc) is 3.45. The zero-order chi connectivity index (χ0) is 32.6. The Morgan fingerprint density at radius 2 is 1.36 bits per heavy atom. The summed E-state index contributed by atoms with van der Waals surface area (Å²) in [7, 11) is 0. The van der Waals surface area contributed by atoms with Crippen LogP contribution in [0.2, 0.25) is 0 Å². The van der Waals surface area contributed by atoms with Gasteiger partial charge in [0.1, 0.15) is 17.3 Å². The molecule has 0 radical (unpaired) electrons. The van der Waals surface area contributed by atoms with E-state index in [2.05, 4.69) is 102 Å². The molecule has 7 aromatic rings. The number of hydrogen-bond donors (Lipinski definition) is 1. The summed E-state index contributed by atoms with van der Waals surface area (Å²) in [6, 6.07) is 48.4. The van der Waals surface area contributed by atoms with Crippen molar-refractivity contribution in [2.45, 2.75) is 39.2 Å². The van der Waals surface area contributed by atoms with Gasteiger partial charge in [0.2, 0.25) is 0 Å². The molecule has 5 heteroatoms. The Labute approximate surface area is 275 Å². The molecule has 6 aromatic carbocycles. The molecule has 7 rings (SSSR count). The number of hydrogen-bond acceptors (Lipinski definition) is 3. The molecular formula is C42H39FN2O2. The standard InChI is InChI=1S/C35H30FNO.C7H9NO/c1-3-8-25-13-22-32-31(23-25)35-33(11-7-12-34(35)38-30-20-16-28(36)17-21-30)37(32)29-18-14-27(15-19-29)24(2)26-9-5-4-6-10-26;8-9-6-7-4-2-1-3-5-7/h4-7,9-24H,3,8H2,1-2H3;1-5H,6,8H2. The van der Waals surface area contributed by atoms with Crippen molar-refractivity contribution in [1.29, 1.82) is 0 Å². The fourth-order valence-corrected chi connectivity index (χ4v) is 6.04. The van der Waals surface area contributed by atoms with Crippen LogP contribution in [-0.2, 0) is 17.9 Å². The van der Waals surface area contributed by atoms with Gasteiger partial charge in [0.05, 0.1) is 23.0 Å². The molecule has 0 saturated heterocycles. The first-order valence-electron chi connectivity index (χ1n) is 16.1. The molecule has 4 nitrogen and oxygen atoms in total. The van der Waals surface area contributed by atoms with Gasteiger partial charge in [-0.3, -0.25) is 4.84 Å². The molecule has 0 fully saturated rings. The van der Waals surface area contributed by atoms with Crippen LogP contribution in [0.1, 0.15) is 48.4 Å². The van der Waals surface area contributed by atoms with Gasteiger partial charge in [-0.05, 0) is 89.3 Å². The molecule has 0 aliphatic heterocycles. The predicted molar refractivity (Wildman–Crippen MR) is 191 cm³/mol. The third kappa shape index (κ3) is 7.28. The van der Waals surface area contributed by atoms with E-state index < -0.39 is 0 Å². The highest BCUT2D eigenvalue weighted by Gasteiger charge is 2.18. The number of nitrogens with two attached hydrogens (primary N) is 1. The van der Waals surface area contributed by atoms with Crippen LogP contribution in [-0.4, -0.2) is 4.57 Å². The second kappa shape index (κ2) is 14.9. The predicted octanol–water partition coefficient (Wildman–Crippen LogP) is 10.9. The van der Waals surface area contributed by atoms with Crippen LogP contribution in [0.4, 0.5) is 4.39 Å². The molecule has 0 spiro atoms. The molecule has 47 heavy (non-hydrogen) atoms. The molecule has 0 aliphatic rings. The topological polar surface area (TPSA) is 49.4 Å². The molecule has 1 aromatic heterocycles. The highest BCUT2D eigenvalue weighted by Crippen LogP contribution is 2.40. The van der Waals surface area contributed by atoms with Gasteiger partial charge >= 0.3 is 0 Å². The smallest absolute Gasteiger partial charge is 0.137 e. The number of fused-ring (bicyclic) bond motifs is 3. The van der Waals surface area contributed by atoms with Crippen LogP contribution in [0.15, 0.2) is 146 Å². The lowest BCUT2D eigenvalue weighted by atomic mass is 9.93. The first-order valence-corrected chi connectivity index (χ1v) is 16.1. The Morgan fingerprint density at radius 1 is 0.681 bits per heavy atom. The number of halogens is 1. The number of rotatable bonds is 9. The Kier molecular flexibility index (Phi) is 10.1. The van der Waals surface area contributed by atoms with Gasteiger partial charge < -0.3 is 9.30 Å². The zero-order valence-corrected chi connectivity index (χ0v) is 26.8. The van der Waals surface area contributed by atoms with Gasteiger partial charge in [0.15, 0.2) is 0 Å². The van der Waals surface area contributed by atoms with E-state index in [1.165, 1.54) is 28.8 Å². The van der Waals surface area contributed by atoms with E-state index in [-0.39, 0.29) is 5.82 Å². The van der Waals surface area contributed by atoms with Crippen LogP contribution in [0.25, 0.3) is 27.5 Å². The minimum absolute atomic E-state index is 0.276. The summed E-state index contributed by atoms with van der Waals surface area (Å²) in [5.74, 6) is 6.28. The van der Waals surface area contributed by atoms with Crippen LogP contribution in [0.3, 0.4) is 0 Å². The van der Waals surface area contributed by atoms with E-state index in [1.54, 1.807) is 12.1 Å². The van der Waals surface area contributed by atoms with Crippen molar-refractivity contribution in [3.05, 3.63) is 174 Å². The molecule has 1 atom stereocenters. The molecule has 0 bridgehead atoms. The molecule has 2 N–H and O–H groups in total. The summed E-state index contributed by atoms with van der Waals surface area (Å²) in [6.07, 6.45) is 2.11. The molecule has 0 amide bonds. The lowest BCUT2D eigenvalue weighted by Gasteiger charge is -2.14. The second-order valence-electron chi connectivity index (χ2n) is 11.7. The van der Waals surface area contributed by atoms with Crippen molar-refractivity contribution in [2.24, 2.45) is 5.90 Å². The Morgan fingerprint density at radius 3 is 2.04 bits per heavy atom. The van der Waals surface area contributed by atoms with Gasteiger partial charge in [-0.1, -0.05) is 105 Å². The van der Waals surface area contributed by atoms with Crippen molar-refractivity contribution < 1.29 is 14.0 Å². The molecule has 0 aliphatic carbocycles. The second-order valence-corrected chi connectivity index (χ2v) is 11.7. The fourth-order valence-electron chi connectivity index (χ4n) is 6.04. The average molecular weight is 623 g/mol. The summed E-state index contributed by atoms with van der Waals surface area (Å²) < 4.78 is 22.1. The van der Waals surface area contributed by atoms with E-state index in [9.17, 15) is 4.39 Å². The van der Waals surface area contributed by atoms with E-state index >= 15 is 0 Å². The van der Waals surface area contributed by atoms with Gasteiger partial charge in [-0.15, -0.1) is 0 Å². The first kappa shape index (κ1) is 31.7. The molecule has 0 saturated carbocycles. The fraction of sp³-hybridized carbons (Fsp3) is 0.143. The van der Waals surface area contributed by atoms with E-state index in [4.69, 9.17) is 10.6 Å². The van der Waals surface area contributed by atoms with E-state index in [0.717, 1.165) is 51.6 Å². The highest BCUT2D eigenvalue weighted by atomic mass is 19.1. The number of nitrogens with zero attached hydrogens (tertiary/aromatic N) is 1. The summed E-state index contributed by atoms with van der Waals surface area (Å²) in [5.41, 5.74) is 8.32. The number of ether oxygens (including phenoxy) is 1. The maximum atomic E-state index is 13.5. The van der Waals surface area contributed by atoms with Crippen molar-refractivity contribution in [2.75, 3.05) is 0 Å². The van der Waals surface area contributed by atoms with Crippen LogP contribution >= 0.6 is 0 Å². The van der Waals surface area contributed by atoms with Crippen molar-refractivity contribution >= 4 is 21.8 Å². The number of aryl methyl sites for hydroxylation is 1. The summed E-state index contributed by atoms with van der Waals surface area (Å²) in [5, 5.41) is 2.22. The van der Waals surface area contributed by atoms with Gasteiger partial charge in [0.25, 0.3) is 0 Å². The van der Waals surface area contributed by atoms with Crippen LogP contribution in [0, 0.1) is 5.82 Å². The monoisotopic (exact) mass is 622 g/mol. The Bertz CT molecular complexity index is 2040. The lowest BCUT2D eigenvalue weighted by molar-refractivity contribution is 0.124. The maximum absolute atomic E-state index is 13.5. The van der Waals surface area contributed by atoms with Crippen molar-refractivity contribution in [3.8, 4) is 17.2 Å². The first-order chi connectivity index (χ1) is 23.1. The number of benzene rings is 6. The lowest BCUT2D eigenvalue weighted by Crippen LogP contribution is -1.98. The minimum atomic E-state index is -0.276. The zero-order valence-electron chi connectivity index (χ0n) is 26.8. The quantitative estimate of drug-likeness (QED) is 0.163. The molecule has 1 heterocycles. The SMILES string of the molecule is CCCc1ccc2c(c1)c1c(Oc3ccc(F)cc3)cccc1n2-c1ccc(C(C)c2ccccc2)cc1.NOCc1ccccc1. The number of aromatic nitrogens is 1. The molecule has 1 unspecified atom stereocenters.